The molecular formula is C11H14O3. The second-order valence-electron chi connectivity index (χ2n) is 3.60. The second kappa shape index (κ2) is 3.50. The van der Waals surface area contributed by atoms with E-state index in [1.807, 2.05) is 26.0 Å². The van der Waals surface area contributed by atoms with Gasteiger partial charge in [0.1, 0.15) is 0 Å². The molecule has 1 aliphatic rings. The van der Waals surface area contributed by atoms with Crippen molar-refractivity contribution < 1.29 is 14.6 Å². The van der Waals surface area contributed by atoms with E-state index in [1.165, 1.54) is 0 Å². The third kappa shape index (κ3) is 1.34. The van der Waals surface area contributed by atoms with Crippen LogP contribution in [0.25, 0.3) is 0 Å². The molecule has 0 amide bonds. The summed E-state index contributed by atoms with van der Waals surface area (Å²) >= 11 is 0. The van der Waals surface area contributed by atoms with Gasteiger partial charge in [-0.15, -0.1) is 0 Å². The largest absolute Gasteiger partial charge is 0.454 e. The fourth-order valence-corrected chi connectivity index (χ4v) is 1.76. The van der Waals surface area contributed by atoms with Crippen molar-refractivity contribution in [1.29, 1.82) is 0 Å². The van der Waals surface area contributed by atoms with E-state index in [0.717, 1.165) is 22.6 Å². The maximum atomic E-state index is 9.09. The van der Waals surface area contributed by atoms with E-state index >= 15 is 0 Å². The van der Waals surface area contributed by atoms with E-state index in [-0.39, 0.29) is 12.5 Å². The van der Waals surface area contributed by atoms with Crippen molar-refractivity contribution in [3.8, 4) is 11.5 Å². The molecule has 76 valence electrons. The third-order valence-corrected chi connectivity index (χ3v) is 2.63. The smallest absolute Gasteiger partial charge is 0.231 e. The topological polar surface area (TPSA) is 38.7 Å². The highest BCUT2D eigenvalue weighted by atomic mass is 16.7. The van der Waals surface area contributed by atoms with Crippen LogP contribution in [0.2, 0.25) is 0 Å². The average Bonchev–Trinajstić information content (AvgIpc) is 2.66. The number of hydrogen-bond acceptors (Lipinski definition) is 3. The van der Waals surface area contributed by atoms with Crippen LogP contribution in [0.4, 0.5) is 0 Å². The molecule has 2 rings (SSSR count). The van der Waals surface area contributed by atoms with E-state index in [2.05, 4.69) is 0 Å². The van der Waals surface area contributed by atoms with Gasteiger partial charge in [-0.3, -0.25) is 0 Å². The Kier molecular flexibility index (Phi) is 2.33. The van der Waals surface area contributed by atoms with Gasteiger partial charge in [0.2, 0.25) is 6.79 Å². The molecule has 1 atom stereocenters. The molecule has 0 saturated heterocycles. The van der Waals surface area contributed by atoms with E-state index < -0.39 is 0 Å². The predicted molar refractivity (Wildman–Crippen MR) is 52.8 cm³/mol. The zero-order valence-electron chi connectivity index (χ0n) is 8.41. The van der Waals surface area contributed by atoms with Crippen LogP contribution in [0.15, 0.2) is 12.1 Å². The second-order valence-corrected chi connectivity index (χ2v) is 3.60. The van der Waals surface area contributed by atoms with Crippen molar-refractivity contribution in [1.82, 2.24) is 0 Å². The summed E-state index contributed by atoms with van der Waals surface area (Å²) in [5.41, 5.74) is 2.19. The first-order chi connectivity index (χ1) is 6.74. The number of fused-ring (bicyclic) bond motifs is 1. The molecule has 3 heteroatoms. The maximum absolute atomic E-state index is 9.09. The fourth-order valence-electron chi connectivity index (χ4n) is 1.76. The van der Waals surface area contributed by atoms with Gasteiger partial charge in [-0.05, 0) is 24.1 Å². The van der Waals surface area contributed by atoms with Crippen LogP contribution in [-0.4, -0.2) is 18.5 Å². The molecule has 0 spiro atoms. The Morgan fingerprint density at radius 3 is 2.93 bits per heavy atom. The molecule has 0 radical (unpaired) electrons. The lowest BCUT2D eigenvalue weighted by molar-refractivity contribution is 0.173. The Morgan fingerprint density at radius 2 is 2.21 bits per heavy atom. The van der Waals surface area contributed by atoms with Gasteiger partial charge in [0.05, 0.1) is 0 Å². The Bertz CT molecular complexity index is 347. The standard InChI is InChI=1S/C11H14O3/c1-7(5-12)9-3-4-10-11(8(9)2)14-6-13-10/h3-4,7,12H,5-6H2,1-2H3. The van der Waals surface area contributed by atoms with Crippen LogP contribution in [0.5, 0.6) is 11.5 Å². The lowest BCUT2D eigenvalue weighted by atomic mass is 9.96. The van der Waals surface area contributed by atoms with Crippen molar-refractivity contribution >= 4 is 0 Å². The zero-order valence-corrected chi connectivity index (χ0v) is 8.41. The molecule has 3 nitrogen and oxygen atoms in total. The van der Waals surface area contributed by atoms with Gasteiger partial charge >= 0.3 is 0 Å². The first kappa shape index (κ1) is 9.34. The van der Waals surface area contributed by atoms with Gasteiger partial charge < -0.3 is 14.6 Å². The van der Waals surface area contributed by atoms with Crippen molar-refractivity contribution in [3.63, 3.8) is 0 Å². The minimum Gasteiger partial charge on any atom is -0.454 e. The maximum Gasteiger partial charge on any atom is 0.231 e. The van der Waals surface area contributed by atoms with E-state index in [4.69, 9.17) is 14.6 Å². The van der Waals surface area contributed by atoms with Crippen LogP contribution in [-0.2, 0) is 0 Å². The molecule has 1 N–H and O–H groups in total. The normalized spacial score (nSPS) is 15.6. The van der Waals surface area contributed by atoms with E-state index in [9.17, 15) is 0 Å². The fraction of sp³-hybridized carbons (Fsp3) is 0.455. The highest BCUT2D eigenvalue weighted by Gasteiger charge is 2.19. The lowest BCUT2D eigenvalue weighted by Gasteiger charge is -2.13. The van der Waals surface area contributed by atoms with Crippen LogP contribution in [0, 0.1) is 6.92 Å². The van der Waals surface area contributed by atoms with Crippen LogP contribution in [0.3, 0.4) is 0 Å². The number of aliphatic hydroxyl groups excluding tert-OH is 1. The van der Waals surface area contributed by atoms with Gasteiger partial charge in [0, 0.05) is 12.5 Å². The number of aliphatic hydroxyl groups is 1. The van der Waals surface area contributed by atoms with Crippen molar-refractivity contribution in [2.24, 2.45) is 0 Å². The first-order valence-electron chi connectivity index (χ1n) is 4.74. The minimum atomic E-state index is 0.143. The molecule has 0 aromatic heterocycles. The summed E-state index contributed by atoms with van der Waals surface area (Å²) in [6, 6.07) is 3.89. The van der Waals surface area contributed by atoms with Crippen molar-refractivity contribution in [2.75, 3.05) is 13.4 Å². The third-order valence-electron chi connectivity index (χ3n) is 2.63. The van der Waals surface area contributed by atoms with E-state index in [1.54, 1.807) is 0 Å². The average molecular weight is 194 g/mol. The molecule has 0 bridgehead atoms. The van der Waals surface area contributed by atoms with E-state index in [0.29, 0.717) is 6.79 Å². The molecule has 1 unspecified atom stereocenters. The van der Waals surface area contributed by atoms with Gasteiger partial charge in [-0.1, -0.05) is 13.0 Å². The first-order valence-corrected chi connectivity index (χ1v) is 4.74. The van der Waals surface area contributed by atoms with Gasteiger partial charge in [-0.25, -0.2) is 0 Å². The monoisotopic (exact) mass is 194 g/mol. The molecule has 0 saturated carbocycles. The quantitative estimate of drug-likeness (QED) is 0.780. The summed E-state index contributed by atoms with van der Waals surface area (Å²) in [7, 11) is 0. The Balaban J connectivity index is 2.44. The number of rotatable bonds is 2. The molecule has 1 aromatic rings. The summed E-state index contributed by atoms with van der Waals surface area (Å²) in [4.78, 5) is 0. The Hall–Kier alpha value is -1.22. The summed E-state index contributed by atoms with van der Waals surface area (Å²) in [5.74, 6) is 1.77. The number of ether oxygens (including phenoxy) is 2. The van der Waals surface area contributed by atoms with Crippen molar-refractivity contribution in [3.05, 3.63) is 23.3 Å². The number of benzene rings is 1. The summed E-state index contributed by atoms with van der Waals surface area (Å²) in [6.45, 7) is 4.44. The lowest BCUT2D eigenvalue weighted by Crippen LogP contribution is -2.01. The predicted octanol–water partition coefficient (Wildman–Crippen LogP) is 1.82. The van der Waals surface area contributed by atoms with Crippen LogP contribution < -0.4 is 9.47 Å². The molecule has 1 heterocycles. The molecule has 0 fully saturated rings. The summed E-state index contributed by atoms with van der Waals surface area (Å²) in [5, 5.41) is 9.09. The molecule has 1 aromatic carbocycles. The van der Waals surface area contributed by atoms with Crippen LogP contribution in [0.1, 0.15) is 24.0 Å². The highest BCUT2D eigenvalue weighted by Crippen LogP contribution is 2.38. The van der Waals surface area contributed by atoms with Crippen LogP contribution >= 0.6 is 0 Å². The molecule has 0 aliphatic carbocycles. The Morgan fingerprint density at radius 1 is 1.43 bits per heavy atom. The van der Waals surface area contributed by atoms with Gasteiger partial charge in [0.25, 0.3) is 0 Å². The van der Waals surface area contributed by atoms with Gasteiger partial charge in [0.15, 0.2) is 11.5 Å². The summed E-state index contributed by atoms with van der Waals surface area (Å²) in [6.07, 6.45) is 0. The minimum absolute atomic E-state index is 0.143. The van der Waals surface area contributed by atoms with Crippen molar-refractivity contribution in [2.45, 2.75) is 19.8 Å². The molecular weight excluding hydrogens is 180 g/mol. The molecule has 14 heavy (non-hydrogen) atoms. The molecule has 1 aliphatic heterocycles. The number of hydrogen-bond donors (Lipinski definition) is 1. The highest BCUT2D eigenvalue weighted by molar-refractivity contribution is 5.52. The summed E-state index contributed by atoms with van der Waals surface area (Å²) < 4.78 is 10.6. The Labute approximate surface area is 83.3 Å². The SMILES string of the molecule is Cc1c(C(C)CO)ccc2c1OCO2. The van der Waals surface area contributed by atoms with Gasteiger partial charge in [-0.2, -0.15) is 0 Å². The zero-order chi connectivity index (χ0) is 10.1.